The molecule has 0 atom stereocenters. The van der Waals surface area contributed by atoms with Crippen LogP contribution in [0.1, 0.15) is 5.56 Å². The molecule has 0 aliphatic heterocycles. The van der Waals surface area contributed by atoms with Gasteiger partial charge in [-0.2, -0.15) is 4.39 Å². The molecule has 6 heteroatoms. The van der Waals surface area contributed by atoms with Crippen LogP contribution in [0.4, 0.5) is 4.39 Å². The third-order valence-corrected chi connectivity index (χ3v) is 2.15. The Morgan fingerprint density at radius 2 is 2.25 bits per heavy atom. The normalized spacial score (nSPS) is 11.5. The van der Waals surface area contributed by atoms with Gasteiger partial charge in [-0.25, -0.2) is 13.4 Å². The molecule has 0 saturated carbocycles. The molecule has 12 heavy (non-hydrogen) atoms. The second-order valence-corrected chi connectivity index (χ2v) is 4.91. The average molecular weight is 210 g/mol. The van der Waals surface area contributed by atoms with Gasteiger partial charge in [0.05, 0.1) is 5.75 Å². The van der Waals surface area contributed by atoms with Gasteiger partial charge in [0.25, 0.3) is 0 Å². The Kier molecular flexibility index (Phi) is 2.64. The summed E-state index contributed by atoms with van der Waals surface area (Å²) in [5, 5.41) is 0. The Hall–Kier alpha value is -0.680. The number of aromatic nitrogens is 1. The van der Waals surface area contributed by atoms with Gasteiger partial charge in [0, 0.05) is 22.4 Å². The standard InChI is InChI=1S/C6H5ClFNO2S/c7-12(10,11)4-5-2-1-3-9-6(5)8/h1-3H,4H2. The van der Waals surface area contributed by atoms with Gasteiger partial charge in [-0.05, 0) is 6.07 Å². The maximum Gasteiger partial charge on any atom is 0.236 e. The van der Waals surface area contributed by atoms with Gasteiger partial charge in [0.1, 0.15) is 0 Å². The predicted octanol–water partition coefficient (Wildman–Crippen LogP) is 1.29. The van der Waals surface area contributed by atoms with Crippen molar-refractivity contribution in [2.24, 2.45) is 0 Å². The summed E-state index contributed by atoms with van der Waals surface area (Å²) in [6, 6.07) is 2.77. The van der Waals surface area contributed by atoms with E-state index in [1.165, 1.54) is 18.3 Å². The summed E-state index contributed by atoms with van der Waals surface area (Å²) < 4.78 is 33.7. The number of pyridine rings is 1. The summed E-state index contributed by atoms with van der Waals surface area (Å²) >= 11 is 0. The van der Waals surface area contributed by atoms with E-state index in [1.54, 1.807) is 0 Å². The Morgan fingerprint density at radius 1 is 1.58 bits per heavy atom. The molecule has 0 amide bonds. The molecule has 0 unspecified atom stereocenters. The van der Waals surface area contributed by atoms with Crippen molar-refractivity contribution in [1.29, 1.82) is 0 Å². The first kappa shape index (κ1) is 9.41. The number of hydrogen-bond acceptors (Lipinski definition) is 3. The van der Waals surface area contributed by atoms with Crippen molar-refractivity contribution in [3.05, 3.63) is 29.8 Å². The lowest BCUT2D eigenvalue weighted by Gasteiger charge is -1.97. The summed E-state index contributed by atoms with van der Waals surface area (Å²) in [7, 11) is 1.21. The van der Waals surface area contributed by atoms with Gasteiger partial charge in [0.15, 0.2) is 0 Å². The quantitative estimate of drug-likeness (QED) is 0.545. The second-order valence-electron chi connectivity index (χ2n) is 2.14. The van der Waals surface area contributed by atoms with Crippen molar-refractivity contribution in [2.45, 2.75) is 5.75 Å². The van der Waals surface area contributed by atoms with Crippen LogP contribution in [0, 0.1) is 5.95 Å². The third kappa shape index (κ3) is 2.75. The Labute approximate surface area is 73.6 Å². The highest BCUT2D eigenvalue weighted by Crippen LogP contribution is 2.10. The van der Waals surface area contributed by atoms with Crippen LogP contribution in [0.25, 0.3) is 0 Å². The van der Waals surface area contributed by atoms with Crippen molar-refractivity contribution in [3.63, 3.8) is 0 Å². The lowest BCUT2D eigenvalue weighted by Crippen LogP contribution is -1.99. The van der Waals surface area contributed by atoms with Gasteiger partial charge in [-0.1, -0.05) is 6.07 Å². The van der Waals surface area contributed by atoms with Crippen molar-refractivity contribution >= 4 is 19.7 Å². The van der Waals surface area contributed by atoms with Gasteiger partial charge in [-0.3, -0.25) is 0 Å². The predicted molar refractivity (Wildman–Crippen MR) is 42.7 cm³/mol. The van der Waals surface area contributed by atoms with Crippen molar-refractivity contribution < 1.29 is 12.8 Å². The van der Waals surface area contributed by atoms with Gasteiger partial charge in [-0.15, -0.1) is 0 Å². The van der Waals surface area contributed by atoms with E-state index in [0.29, 0.717) is 0 Å². The molecule has 0 saturated heterocycles. The molecule has 1 rings (SSSR count). The molecule has 0 fully saturated rings. The van der Waals surface area contributed by atoms with Crippen LogP contribution in [0.15, 0.2) is 18.3 Å². The van der Waals surface area contributed by atoms with Crippen LogP contribution >= 0.6 is 10.7 Å². The van der Waals surface area contributed by atoms with E-state index in [-0.39, 0.29) is 5.56 Å². The summed E-state index contributed by atoms with van der Waals surface area (Å²) in [4.78, 5) is 3.27. The van der Waals surface area contributed by atoms with E-state index >= 15 is 0 Å². The minimum Gasteiger partial charge on any atom is -0.228 e. The zero-order valence-electron chi connectivity index (χ0n) is 5.87. The first-order valence-electron chi connectivity index (χ1n) is 3.01. The van der Waals surface area contributed by atoms with E-state index in [2.05, 4.69) is 4.98 Å². The topological polar surface area (TPSA) is 47.0 Å². The van der Waals surface area contributed by atoms with E-state index in [4.69, 9.17) is 10.7 Å². The summed E-state index contributed by atoms with van der Waals surface area (Å²) in [5.41, 5.74) is -0.0208. The van der Waals surface area contributed by atoms with E-state index < -0.39 is 20.8 Å². The molecule has 3 nitrogen and oxygen atoms in total. The highest BCUT2D eigenvalue weighted by molar-refractivity contribution is 8.13. The first-order chi connectivity index (χ1) is 5.49. The van der Waals surface area contributed by atoms with Gasteiger partial charge in [0.2, 0.25) is 15.0 Å². The molecule has 0 aliphatic carbocycles. The molecule has 1 aromatic heterocycles. The fourth-order valence-corrected chi connectivity index (χ4v) is 1.65. The minimum atomic E-state index is -3.71. The molecule has 0 aromatic carbocycles. The highest BCUT2D eigenvalue weighted by Gasteiger charge is 2.11. The van der Waals surface area contributed by atoms with Gasteiger partial charge < -0.3 is 0 Å². The van der Waals surface area contributed by atoms with Crippen LogP contribution in [-0.2, 0) is 14.8 Å². The molecule has 1 aromatic rings. The van der Waals surface area contributed by atoms with E-state index in [1.807, 2.05) is 0 Å². The average Bonchev–Trinajstić information content (AvgIpc) is 1.91. The maximum atomic E-state index is 12.7. The second kappa shape index (κ2) is 3.37. The van der Waals surface area contributed by atoms with Crippen LogP contribution in [0.2, 0.25) is 0 Å². The molecule has 66 valence electrons. The van der Waals surface area contributed by atoms with Crippen LogP contribution in [0.3, 0.4) is 0 Å². The molecule has 1 heterocycles. The zero-order valence-corrected chi connectivity index (χ0v) is 7.44. The Balaban J connectivity index is 2.98. The van der Waals surface area contributed by atoms with Crippen molar-refractivity contribution in [1.82, 2.24) is 4.98 Å². The number of rotatable bonds is 2. The SMILES string of the molecule is O=S(=O)(Cl)Cc1cccnc1F. The minimum absolute atomic E-state index is 0.0208. The summed E-state index contributed by atoms with van der Waals surface area (Å²) in [5.74, 6) is -1.34. The fourth-order valence-electron chi connectivity index (χ4n) is 0.713. The fraction of sp³-hybridized carbons (Fsp3) is 0.167. The molecule has 0 radical (unpaired) electrons. The molecule has 0 spiro atoms. The molecular weight excluding hydrogens is 205 g/mol. The number of hydrogen-bond donors (Lipinski definition) is 0. The Morgan fingerprint density at radius 3 is 2.75 bits per heavy atom. The van der Waals surface area contributed by atoms with Gasteiger partial charge >= 0.3 is 0 Å². The van der Waals surface area contributed by atoms with Crippen LogP contribution in [-0.4, -0.2) is 13.4 Å². The zero-order chi connectivity index (χ0) is 9.19. The number of nitrogens with zero attached hydrogens (tertiary/aromatic N) is 1. The van der Waals surface area contributed by atoms with E-state index in [9.17, 15) is 12.8 Å². The van der Waals surface area contributed by atoms with Crippen LogP contribution in [0.5, 0.6) is 0 Å². The first-order valence-corrected chi connectivity index (χ1v) is 5.48. The monoisotopic (exact) mass is 209 g/mol. The largest absolute Gasteiger partial charge is 0.236 e. The smallest absolute Gasteiger partial charge is 0.228 e. The van der Waals surface area contributed by atoms with Crippen molar-refractivity contribution in [2.75, 3.05) is 0 Å². The third-order valence-electron chi connectivity index (χ3n) is 1.16. The molecule has 0 bridgehead atoms. The highest BCUT2D eigenvalue weighted by atomic mass is 35.7. The lowest BCUT2D eigenvalue weighted by atomic mass is 10.3. The molecule has 0 aliphatic rings. The van der Waals surface area contributed by atoms with E-state index in [0.717, 1.165) is 0 Å². The molecule has 0 N–H and O–H groups in total. The summed E-state index contributed by atoms with van der Waals surface area (Å²) in [6.45, 7) is 0. The summed E-state index contributed by atoms with van der Waals surface area (Å²) in [6.07, 6.45) is 1.24. The molecular formula is C6H5ClFNO2S. The Bertz CT molecular complexity index is 379. The lowest BCUT2D eigenvalue weighted by molar-refractivity contribution is 0.567. The number of halogens is 2. The van der Waals surface area contributed by atoms with Crippen molar-refractivity contribution in [3.8, 4) is 0 Å². The maximum absolute atomic E-state index is 12.7. The van der Waals surface area contributed by atoms with Crippen LogP contribution < -0.4 is 0 Å².